The Morgan fingerprint density at radius 2 is 2.22 bits per heavy atom. The van der Waals surface area contributed by atoms with Gasteiger partial charge in [0.25, 0.3) is 0 Å². The average molecular weight is 251 g/mol. The van der Waals surface area contributed by atoms with Crippen molar-refractivity contribution in [1.29, 1.82) is 0 Å². The quantitative estimate of drug-likeness (QED) is 0.804. The van der Waals surface area contributed by atoms with E-state index in [-0.39, 0.29) is 0 Å². The van der Waals surface area contributed by atoms with Gasteiger partial charge >= 0.3 is 5.97 Å². The Labute approximate surface area is 108 Å². The van der Waals surface area contributed by atoms with E-state index in [2.05, 4.69) is 6.92 Å². The molecule has 18 heavy (non-hydrogen) atoms. The number of likely N-dealkylation sites (N-methyl/N-ethyl adjacent to an activating group) is 1. The number of carboxylic acids is 1. The first-order valence-corrected chi connectivity index (χ1v) is 6.11. The molecular weight excluding hydrogens is 230 g/mol. The molecule has 1 aromatic carbocycles. The van der Waals surface area contributed by atoms with Gasteiger partial charge in [0.1, 0.15) is 6.04 Å². The van der Waals surface area contributed by atoms with Crippen LogP contribution >= 0.6 is 0 Å². The van der Waals surface area contributed by atoms with E-state index in [1.165, 1.54) is 0 Å². The lowest BCUT2D eigenvalue weighted by atomic mass is 10.0. The largest absolute Gasteiger partial charge is 0.480 e. The van der Waals surface area contributed by atoms with E-state index in [4.69, 9.17) is 4.74 Å². The SMILES string of the molecule is CCc1cccc([C@H](C(=O)O)N(C)CCOC)c1. The molecule has 0 radical (unpaired) electrons. The molecule has 0 unspecified atom stereocenters. The summed E-state index contributed by atoms with van der Waals surface area (Å²) in [6, 6.07) is 7.13. The van der Waals surface area contributed by atoms with Gasteiger partial charge in [-0.1, -0.05) is 31.2 Å². The summed E-state index contributed by atoms with van der Waals surface area (Å²) < 4.78 is 4.99. The highest BCUT2D eigenvalue weighted by Gasteiger charge is 2.24. The predicted octanol–water partition coefficient (Wildman–Crippen LogP) is 1.95. The van der Waals surface area contributed by atoms with Crippen LogP contribution in [0.25, 0.3) is 0 Å². The van der Waals surface area contributed by atoms with Crippen molar-refractivity contribution in [3.05, 3.63) is 35.4 Å². The first-order valence-electron chi connectivity index (χ1n) is 6.11. The molecule has 1 N–H and O–H groups in total. The maximum Gasteiger partial charge on any atom is 0.325 e. The predicted molar refractivity (Wildman–Crippen MR) is 70.7 cm³/mol. The first-order chi connectivity index (χ1) is 8.60. The van der Waals surface area contributed by atoms with E-state index < -0.39 is 12.0 Å². The molecule has 0 amide bonds. The zero-order chi connectivity index (χ0) is 13.5. The molecule has 100 valence electrons. The summed E-state index contributed by atoms with van der Waals surface area (Å²) in [5.74, 6) is -0.832. The minimum Gasteiger partial charge on any atom is -0.480 e. The van der Waals surface area contributed by atoms with Gasteiger partial charge in [0, 0.05) is 13.7 Å². The molecule has 1 atom stereocenters. The number of aliphatic carboxylic acids is 1. The van der Waals surface area contributed by atoms with Crippen molar-refractivity contribution >= 4 is 5.97 Å². The van der Waals surface area contributed by atoms with Gasteiger partial charge < -0.3 is 9.84 Å². The summed E-state index contributed by atoms with van der Waals surface area (Å²) in [6.45, 7) is 3.17. The van der Waals surface area contributed by atoms with Crippen LogP contribution in [0, 0.1) is 0 Å². The molecule has 1 rings (SSSR count). The van der Waals surface area contributed by atoms with Crippen molar-refractivity contribution in [1.82, 2.24) is 4.90 Å². The summed E-state index contributed by atoms with van der Waals surface area (Å²) in [5.41, 5.74) is 1.97. The molecule has 0 fully saturated rings. The summed E-state index contributed by atoms with van der Waals surface area (Å²) >= 11 is 0. The van der Waals surface area contributed by atoms with Crippen LogP contribution < -0.4 is 0 Å². The molecule has 1 aromatic rings. The number of nitrogens with zero attached hydrogens (tertiary/aromatic N) is 1. The van der Waals surface area contributed by atoms with Gasteiger partial charge in [-0.05, 0) is 24.6 Å². The van der Waals surface area contributed by atoms with Gasteiger partial charge in [-0.3, -0.25) is 9.69 Å². The highest BCUT2D eigenvalue weighted by atomic mass is 16.5. The second-order valence-corrected chi connectivity index (χ2v) is 4.31. The zero-order valence-corrected chi connectivity index (χ0v) is 11.2. The molecule has 0 aliphatic heterocycles. The van der Waals surface area contributed by atoms with Crippen molar-refractivity contribution < 1.29 is 14.6 Å². The van der Waals surface area contributed by atoms with E-state index in [0.29, 0.717) is 13.2 Å². The van der Waals surface area contributed by atoms with Gasteiger partial charge in [-0.25, -0.2) is 0 Å². The number of hydrogen-bond donors (Lipinski definition) is 1. The minimum absolute atomic E-state index is 0.522. The number of benzene rings is 1. The highest BCUT2D eigenvalue weighted by molar-refractivity contribution is 5.75. The zero-order valence-electron chi connectivity index (χ0n) is 11.2. The number of methoxy groups -OCH3 is 1. The van der Waals surface area contributed by atoms with Crippen LogP contribution in [0.4, 0.5) is 0 Å². The summed E-state index contributed by atoms with van der Waals surface area (Å²) in [6.07, 6.45) is 0.905. The van der Waals surface area contributed by atoms with Crippen LogP contribution in [0.1, 0.15) is 24.1 Å². The Balaban J connectivity index is 2.92. The van der Waals surface area contributed by atoms with Gasteiger partial charge in [0.2, 0.25) is 0 Å². The standard InChI is InChI=1S/C14H21NO3/c1-4-11-6-5-7-12(10-11)13(14(16)17)15(2)8-9-18-3/h5-7,10,13H,4,8-9H2,1-3H3,(H,16,17)/t13-/m1/s1. The van der Waals surface area contributed by atoms with Crippen LogP contribution in [-0.2, 0) is 16.0 Å². The monoisotopic (exact) mass is 251 g/mol. The Morgan fingerprint density at radius 3 is 2.78 bits per heavy atom. The number of hydrogen-bond acceptors (Lipinski definition) is 3. The maximum atomic E-state index is 11.4. The lowest BCUT2D eigenvalue weighted by Gasteiger charge is -2.24. The van der Waals surface area contributed by atoms with Gasteiger partial charge in [-0.15, -0.1) is 0 Å². The van der Waals surface area contributed by atoms with E-state index >= 15 is 0 Å². The number of rotatable bonds is 7. The third-order valence-electron chi connectivity index (χ3n) is 3.00. The molecular formula is C14H21NO3. The number of aryl methyl sites for hydroxylation is 1. The molecule has 0 heterocycles. The maximum absolute atomic E-state index is 11.4. The van der Waals surface area contributed by atoms with Crippen LogP contribution in [-0.4, -0.2) is 43.3 Å². The molecule has 4 heteroatoms. The number of carbonyl (C=O) groups is 1. The molecule has 0 spiro atoms. The number of carboxylic acid groups (broad SMARTS) is 1. The minimum atomic E-state index is -0.832. The Hall–Kier alpha value is -1.39. The van der Waals surface area contributed by atoms with Crippen molar-refractivity contribution in [2.75, 3.05) is 27.3 Å². The number of ether oxygens (including phenoxy) is 1. The van der Waals surface area contributed by atoms with Crippen LogP contribution in [0.3, 0.4) is 0 Å². The summed E-state index contributed by atoms with van der Waals surface area (Å²) in [7, 11) is 3.41. The van der Waals surface area contributed by atoms with Crippen molar-refractivity contribution in [2.24, 2.45) is 0 Å². The highest BCUT2D eigenvalue weighted by Crippen LogP contribution is 2.21. The Kier molecular flexibility index (Phi) is 5.82. The van der Waals surface area contributed by atoms with Gasteiger partial charge in [-0.2, -0.15) is 0 Å². The second-order valence-electron chi connectivity index (χ2n) is 4.31. The van der Waals surface area contributed by atoms with E-state index in [0.717, 1.165) is 17.5 Å². The third-order valence-corrected chi connectivity index (χ3v) is 3.00. The molecule has 0 bridgehead atoms. The lowest BCUT2D eigenvalue weighted by molar-refractivity contribution is -0.143. The molecule has 0 aliphatic rings. The van der Waals surface area contributed by atoms with Crippen LogP contribution in [0.5, 0.6) is 0 Å². The third kappa shape index (κ3) is 3.82. The van der Waals surface area contributed by atoms with Crippen molar-refractivity contribution in [3.63, 3.8) is 0 Å². The Morgan fingerprint density at radius 1 is 1.50 bits per heavy atom. The van der Waals surface area contributed by atoms with Gasteiger partial charge in [0.05, 0.1) is 6.61 Å². The van der Waals surface area contributed by atoms with E-state index in [1.807, 2.05) is 24.3 Å². The molecule has 0 saturated heterocycles. The van der Waals surface area contributed by atoms with Gasteiger partial charge in [0.15, 0.2) is 0 Å². The fourth-order valence-corrected chi connectivity index (χ4v) is 1.93. The smallest absolute Gasteiger partial charge is 0.325 e. The lowest BCUT2D eigenvalue weighted by Crippen LogP contribution is -2.33. The fraction of sp³-hybridized carbons (Fsp3) is 0.500. The average Bonchev–Trinajstić information content (AvgIpc) is 2.36. The second kappa shape index (κ2) is 7.13. The molecule has 0 saturated carbocycles. The summed E-state index contributed by atoms with van der Waals surface area (Å²) in [5, 5.41) is 9.38. The first kappa shape index (κ1) is 14.7. The van der Waals surface area contributed by atoms with Crippen molar-refractivity contribution in [3.8, 4) is 0 Å². The molecule has 4 nitrogen and oxygen atoms in total. The van der Waals surface area contributed by atoms with E-state index in [1.54, 1.807) is 19.1 Å². The van der Waals surface area contributed by atoms with Crippen LogP contribution in [0.15, 0.2) is 24.3 Å². The Bertz CT molecular complexity index is 392. The summed E-state index contributed by atoms with van der Waals surface area (Å²) in [4.78, 5) is 13.2. The normalized spacial score (nSPS) is 12.7. The van der Waals surface area contributed by atoms with Crippen molar-refractivity contribution in [2.45, 2.75) is 19.4 Å². The van der Waals surface area contributed by atoms with Crippen LogP contribution in [0.2, 0.25) is 0 Å². The topological polar surface area (TPSA) is 49.8 Å². The van der Waals surface area contributed by atoms with E-state index in [9.17, 15) is 9.90 Å². The molecule has 0 aromatic heterocycles. The fourth-order valence-electron chi connectivity index (χ4n) is 1.93. The molecule has 0 aliphatic carbocycles.